The van der Waals surface area contributed by atoms with E-state index >= 15 is 0 Å². The molecule has 1 N–H and O–H groups in total. The number of carbonyl (C=O) groups is 1. The second-order valence-corrected chi connectivity index (χ2v) is 11.4. The van der Waals surface area contributed by atoms with Crippen LogP contribution in [-0.2, 0) is 11.0 Å². The normalized spacial score (nSPS) is 29.3. The van der Waals surface area contributed by atoms with Gasteiger partial charge in [-0.15, -0.1) is 0 Å². The number of aliphatic carboxylic acids is 1. The SMILES string of the molecule is C[C@@H](c1ccc2ccc(O[C@H]3CC[C@@H](C(F)(F)F)CC3)c(C(F)(F)F)c2c1)N1C2CCCC1CC(C(=O)O)C2. The summed E-state index contributed by atoms with van der Waals surface area (Å²) in [6.07, 6.45) is -6.17. The van der Waals surface area contributed by atoms with Gasteiger partial charge in [0.25, 0.3) is 0 Å². The third kappa shape index (κ3) is 5.72. The molecule has 3 atom stereocenters. The molecule has 0 aromatic heterocycles. The van der Waals surface area contributed by atoms with Gasteiger partial charge in [0.1, 0.15) is 11.3 Å². The van der Waals surface area contributed by atoms with Crippen LogP contribution in [0.25, 0.3) is 10.8 Å². The Morgan fingerprint density at radius 1 is 0.949 bits per heavy atom. The molecule has 3 aliphatic rings. The number of carboxylic acid groups (broad SMARTS) is 1. The fraction of sp³-hybridized carbons (Fsp3) is 0.621. The van der Waals surface area contributed by atoms with Gasteiger partial charge >= 0.3 is 18.3 Å². The van der Waals surface area contributed by atoms with Crippen LogP contribution in [0.1, 0.15) is 81.9 Å². The molecule has 2 aromatic rings. The van der Waals surface area contributed by atoms with Gasteiger partial charge in [-0.25, -0.2) is 0 Å². The van der Waals surface area contributed by atoms with E-state index in [0.717, 1.165) is 19.3 Å². The minimum Gasteiger partial charge on any atom is -0.490 e. The molecule has 214 valence electrons. The zero-order chi connectivity index (χ0) is 28.1. The average molecular weight is 558 g/mol. The third-order valence-electron chi connectivity index (χ3n) is 9.03. The van der Waals surface area contributed by atoms with Crippen molar-refractivity contribution in [1.29, 1.82) is 0 Å². The van der Waals surface area contributed by atoms with Crippen molar-refractivity contribution in [1.82, 2.24) is 4.90 Å². The van der Waals surface area contributed by atoms with E-state index in [2.05, 4.69) is 4.90 Å². The Morgan fingerprint density at radius 2 is 1.56 bits per heavy atom. The van der Waals surface area contributed by atoms with Crippen molar-refractivity contribution < 1.29 is 41.0 Å². The number of nitrogens with zero attached hydrogens (tertiary/aromatic N) is 1. The van der Waals surface area contributed by atoms with Gasteiger partial charge in [-0.2, -0.15) is 26.3 Å². The predicted octanol–water partition coefficient (Wildman–Crippen LogP) is 8.14. The van der Waals surface area contributed by atoms with Crippen LogP contribution in [-0.4, -0.2) is 40.3 Å². The summed E-state index contributed by atoms with van der Waals surface area (Å²) < 4.78 is 88.2. The first-order chi connectivity index (χ1) is 18.3. The highest BCUT2D eigenvalue weighted by Gasteiger charge is 2.44. The lowest BCUT2D eigenvalue weighted by Gasteiger charge is -2.51. The maximum Gasteiger partial charge on any atom is 0.420 e. The second kappa shape index (κ2) is 10.5. The number of rotatable bonds is 5. The Labute approximate surface area is 223 Å². The van der Waals surface area contributed by atoms with Crippen molar-refractivity contribution >= 4 is 16.7 Å². The van der Waals surface area contributed by atoms with Crippen LogP contribution >= 0.6 is 0 Å². The standard InChI is InChI=1S/C29H33F6NO3/c1-16(36-21-3-2-4-22(36)14-19(13-21)27(37)38)18-6-5-17-7-12-25(26(24(17)15-18)29(33,34)35)39-23-10-8-20(9-11-23)28(30,31)32/h5-7,12,15-16,19-23H,2-4,8-11,13-14H2,1H3,(H,37,38)/t16-,19?,20-,21?,22?,23+/m0/s1. The molecule has 2 bridgehead atoms. The van der Waals surface area contributed by atoms with E-state index in [-0.39, 0.29) is 54.9 Å². The summed E-state index contributed by atoms with van der Waals surface area (Å²) in [5, 5.41) is 9.96. The zero-order valence-electron chi connectivity index (χ0n) is 21.7. The van der Waals surface area contributed by atoms with Gasteiger partial charge in [0.2, 0.25) is 0 Å². The highest BCUT2D eigenvalue weighted by molar-refractivity contribution is 5.89. The van der Waals surface area contributed by atoms with Gasteiger partial charge in [0.15, 0.2) is 0 Å². The van der Waals surface area contributed by atoms with Crippen LogP contribution < -0.4 is 4.74 Å². The molecule has 4 nitrogen and oxygen atoms in total. The lowest BCUT2D eigenvalue weighted by Crippen LogP contribution is -2.53. The smallest absolute Gasteiger partial charge is 0.420 e. The minimum absolute atomic E-state index is 0.00101. The summed E-state index contributed by atoms with van der Waals surface area (Å²) in [5.74, 6) is -2.99. The van der Waals surface area contributed by atoms with Crippen molar-refractivity contribution in [2.45, 2.75) is 101 Å². The quantitative estimate of drug-likeness (QED) is 0.377. The van der Waals surface area contributed by atoms with E-state index in [1.165, 1.54) is 6.07 Å². The second-order valence-electron chi connectivity index (χ2n) is 11.4. The lowest BCUT2D eigenvalue weighted by molar-refractivity contribution is -0.185. The summed E-state index contributed by atoms with van der Waals surface area (Å²) in [5.41, 5.74) is -0.196. The Bertz CT molecular complexity index is 1190. The number of hydrogen-bond donors (Lipinski definition) is 1. The molecule has 0 spiro atoms. The van der Waals surface area contributed by atoms with E-state index in [4.69, 9.17) is 4.74 Å². The largest absolute Gasteiger partial charge is 0.490 e. The lowest BCUT2D eigenvalue weighted by atomic mass is 9.77. The molecule has 5 rings (SSSR count). The molecule has 2 heterocycles. The number of fused-ring (bicyclic) bond motifs is 3. The number of carboxylic acids is 1. The number of benzene rings is 2. The molecule has 39 heavy (non-hydrogen) atoms. The van der Waals surface area contributed by atoms with Gasteiger partial charge < -0.3 is 9.84 Å². The summed E-state index contributed by atoms with van der Waals surface area (Å²) in [6.45, 7) is 1.96. The van der Waals surface area contributed by atoms with Crippen LogP contribution in [0.4, 0.5) is 26.3 Å². The third-order valence-corrected chi connectivity index (χ3v) is 9.03. The minimum atomic E-state index is -4.73. The highest BCUT2D eigenvalue weighted by Crippen LogP contribution is 2.46. The molecule has 2 aliphatic heterocycles. The molecule has 2 unspecified atom stereocenters. The Kier molecular flexibility index (Phi) is 7.54. The average Bonchev–Trinajstić information content (AvgIpc) is 2.86. The van der Waals surface area contributed by atoms with E-state index in [9.17, 15) is 36.2 Å². The van der Waals surface area contributed by atoms with Crippen LogP contribution in [0.5, 0.6) is 5.75 Å². The number of halogens is 6. The van der Waals surface area contributed by atoms with Crippen molar-refractivity contribution in [3.63, 3.8) is 0 Å². The summed E-state index contributed by atoms with van der Waals surface area (Å²) in [4.78, 5) is 13.9. The summed E-state index contributed by atoms with van der Waals surface area (Å²) >= 11 is 0. The molecule has 0 radical (unpaired) electrons. The molecular formula is C29H33F6NO3. The zero-order valence-corrected chi connectivity index (χ0v) is 21.7. The van der Waals surface area contributed by atoms with Crippen LogP contribution in [0, 0.1) is 11.8 Å². The number of hydrogen-bond acceptors (Lipinski definition) is 3. The van der Waals surface area contributed by atoms with Crippen molar-refractivity contribution in [2.75, 3.05) is 0 Å². The highest BCUT2D eigenvalue weighted by atomic mass is 19.4. The molecule has 2 saturated heterocycles. The van der Waals surface area contributed by atoms with E-state index < -0.39 is 41.8 Å². The molecule has 10 heteroatoms. The predicted molar refractivity (Wildman–Crippen MR) is 133 cm³/mol. The summed E-state index contributed by atoms with van der Waals surface area (Å²) in [6, 6.07) is 7.78. The summed E-state index contributed by atoms with van der Waals surface area (Å²) in [7, 11) is 0. The van der Waals surface area contributed by atoms with Gasteiger partial charge in [-0.3, -0.25) is 9.69 Å². The number of piperidine rings is 2. The van der Waals surface area contributed by atoms with Crippen molar-refractivity contribution in [3.05, 3.63) is 41.5 Å². The van der Waals surface area contributed by atoms with Crippen LogP contribution in [0.15, 0.2) is 30.3 Å². The Hall–Kier alpha value is -2.49. The van der Waals surface area contributed by atoms with Crippen molar-refractivity contribution in [3.8, 4) is 5.75 Å². The van der Waals surface area contributed by atoms with Crippen LogP contribution in [0.3, 0.4) is 0 Å². The van der Waals surface area contributed by atoms with E-state index in [1.54, 1.807) is 18.2 Å². The Balaban J connectivity index is 1.44. The molecule has 1 aliphatic carbocycles. The first kappa shape index (κ1) is 28.1. The monoisotopic (exact) mass is 557 g/mol. The fourth-order valence-corrected chi connectivity index (χ4v) is 7.08. The van der Waals surface area contributed by atoms with Gasteiger partial charge in [0.05, 0.1) is 17.9 Å². The first-order valence-corrected chi connectivity index (χ1v) is 13.7. The van der Waals surface area contributed by atoms with Crippen LogP contribution in [0.2, 0.25) is 0 Å². The number of alkyl halides is 6. The maximum absolute atomic E-state index is 14.5. The van der Waals surface area contributed by atoms with Gasteiger partial charge in [-0.1, -0.05) is 24.6 Å². The van der Waals surface area contributed by atoms with Gasteiger partial charge in [0, 0.05) is 18.1 Å². The molecular weight excluding hydrogens is 524 g/mol. The molecule has 1 saturated carbocycles. The molecule has 3 fully saturated rings. The van der Waals surface area contributed by atoms with Crippen molar-refractivity contribution in [2.24, 2.45) is 11.8 Å². The number of ether oxygens (including phenoxy) is 1. The maximum atomic E-state index is 14.5. The topological polar surface area (TPSA) is 49.8 Å². The first-order valence-electron chi connectivity index (χ1n) is 13.7. The van der Waals surface area contributed by atoms with E-state index in [1.807, 2.05) is 13.0 Å². The van der Waals surface area contributed by atoms with E-state index in [0.29, 0.717) is 23.8 Å². The fourth-order valence-electron chi connectivity index (χ4n) is 7.08. The van der Waals surface area contributed by atoms with Gasteiger partial charge in [-0.05, 0) is 86.8 Å². The molecule has 0 amide bonds. The Morgan fingerprint density at radius 3 is 2.13 bits per heavy atom. The molecule has 2 aromatic carbocycles.